The van der Waals surface area contributed by atoms with E-state index in [0.29, 0.717) is 45.1 Å². The number of nitrogens with one attached hydrogen (secondary N) is 1. The molecular weight excluding hydrogens is 516 g/mol. The van der Waals surface area contributed by atoms with Crippen LogP contribution in [0.3, 0.4) is 0 Å². The second-order valence-electron chi connectivity index (χ2n) is 7.88. The summed E-state index contributed by atoms with van der Waals surface area (Å²) in [7, 11) is 3.18. The molecule has 0 saturated carbocycles. The molecule has 3 aromatic rings. The van der Waals surface area contributed by atoms with E-state index in [1.54, 1.807) is 28.1 Å². The highest BCUT2D eigenvalue weighted by molar-refractivity contribution is 7.99. The summed E-state index contributed by atoms with van der Waals surface area (Å²) >= 11 is 2.31. The SMILES string of the molecule is CCOC(=O)c1c(NC(=O)CSc2nnc(Cc3ccc(OC)c(OC)c3)n2CC)sc(C(C)=O)c1C. The molecule has 37 heavy (non-hydrogen) atoms. The van der Waals surface area contributed by atoms with E-state index in [0.717, 1.165) is 22.7 Å². The van der Waals surface area contributed by atoms with Crippen LogP contribution >= 0.6 is 23.1 Å². The number of thioether (sulfide) groups is 1. The Balaban J connectivity index is 1.73. The number of hydrogen-bond acceptors (Lipinski definition) is 10. The number of amides is 1. The molecule has 0 spiro atoms. The molecule has 1 aromatic carbocycles. The van der Waals surface area contributed by atoms with Gasteiger partial charge in [0.1, 0.15) is 10.8 Å². The van der Waals surface area contributed by atoms with Gasteiger partial charge in [-0.05, 0) is 51.0 Å². The topological polar surface area (TPSA) is 122 Å². The van der Waals surface area contributed by atoms with Gasteiger partial charge in [0.05, 0.1) is 37.0 Å². The normalized spacial score (nSPS) is 10.8. The van der Waals surface area contributed by atoms with Gasteiger partial charge in [-0.3, -0.25) is 9.59 Å². The van der Waals surface area contributed by atoms with E-state index in [-0.39, 0.29) is 29.6 Å². The quantitative estimate of drug-likeness (QED) is 0.200. The average Bonchev–Trinajstić information content (AvgIpc) is 3.42. The molecule has 198 valence electrons. The predicted molar refractivity (Wildman–Crippen MR) is 142 cm³/mol. The number of methoxy groups -OCH3 is 2. The summed E-state index contributed by atoms with van der Waals surface area (Å²) in [5.74, 6) is 0.989. The van der Waals surface area contributed by atoms with E-state index < -0.39 is 5.97 Å². The van der Waals surface area contributed by atoms with Crippen LogP contribution in [0.5, 0.6) is 11.5 Å². The van der Waals surface area contributed by atoms with Gasteiger partial charge in [0, 0.05) is 13.0 Å². The van der Waals surface area contributed by atoms with Gasteiger partial charge in [-0.1, -0.05) is 17.8 Å². The highest BCUT2D eigenvalue weighted by Crippen LogP contribution is 2.34. The molecule has 1 amide bonds. The zero-order chi connectivity index (χ0) is 27.1. The lowest BCUT2D eigenvalue weighted by Gasteiger charge is -2.11. The zero-order valence-corrected chi connectivity index (χ0v) is 23.3. The molecule has 1 N–H and O–H groups in total. The Morgan fingerprint density at radius 2 is 1.84 bits per heavy atom. The second-order valence-corrected chi connectivity index (χ2v) is 9.85. The van der Waals surface area contributed by atoms with E-state index in [2.05, 4.69) is 15.5 Å². The van der Waals surface area contributed by atoms with E-state index >= 15 is 0 Å². The fourth-order valence-corrected chi connectivity index (χ4v) is 5.65. The number of anilines is 1. The third kappa shape index (κ3) is 6.50. The number of ketones is 1. The first-order chi connectivity index (χ1) is 17.7. The number of carbonyl (C=O) groups is 3. The number of ether oxygens (including phenoxy) is 3. The highest BCUT2D eigenvalue weighted by atomic mass is 32.2. The third-order valence-electron chi connectivity index (χ3n) is 5.45. The predicted octanol–water partition coefficient (Wildman–Crippen LogP) is 4.39. The minimum Gasteiger partial charge on any atom is -0.493 e. The van der Waals surface area contributed by atoms with Crippen molar-refractivity contribution in [3.63, 3.8) is 0 Å². The number of Topliss-reactive ketones (excluding diaryl/α,β-unsaturated/α-hetero) is 1. The van der Waals surface area contributed by atoms with Crippen molar-refractivity contribution in [2.75, 3.05) is 31.9 Å². The van der Waals surface area contributed by atoms with Crippen LogP contribution in [0.4, 0.5) is 5.00 Å². The van der Waals surface area contributed by atoms with Gasteiger partial charge >= 0.3 is 5.97 Å². The van der Waals surface area contributed by atoms with Crippen molar-refractivity contribution >= 4 is 45.8 Å². The van der Waals surface area contributed by atoms with E-state index in [9.17, 15) is 14.4 Å². The Morgan fingerprint density at radius 1 is 1.11 bits per heavy atom. The minimum absolute atomic E-state index is 0.0448. The standard InChI is InChI=1S/C25H30N4O6S2/c1-7-29-19(12-16-9-10-17(33-5)18(11-16)34-6)27-28-25(29)36-13-20(31)26-23-21(24(32)35-8-2)14(3)22(37-23)15(4)30/h9-11H,7-8,12-13H2,1-6H3,(H,26,31). The van der Waals surface area contributed by atoms with Gasteiger partial charge in [0.2, 0.25) is 5.91 Å². The van der Waals surface area contributed by atoms with Crippen LogP contribution in [0.1, 0.15) is 57.8 Å². The summed E-state index contributed by atoms with van der Waals surface area (Å²) in [4.78, 5) is 37.7. The molecule has 0 fully saturated rings. The average molecular weight is 547 g/mol. The van der Waals surface area contributed by atoms with Gasteiger partial charge in [0.15, 0.2) is 22.4 Å². The van der Waals surface area contributed by atoms with E-state index in [1.165, 1.54) is 18.7 Å². The number of esters is 1. The number of carbonyl (C=O) groups excluding carboxylic acids is 3. The van der Waals surface area contributed by atoms with Gasteiger partial charge in [-0.25, -0.2) is 4.79 Å². The van der Waals surface area contributed by atoms with Gasteiger partial charge in [0.25, 0.3) is 0 Å². The summed E-state index contributed by atoms with van der Waals surface area (Å²) in [6.07, 6.45) is 0.527. The van der Waals surface area contributed by atoms with Crippen molar-refractivity contribution in [3.8, 4) is 11.5 Å². The lowest BCUT2D eigenvalue weighted by atomic mass is 10.1. The molecule has 2 aromatic heterocycles. The highest BCUT2D eigenvalue weighted by Gasteiger charge is 2.25. The summed E-state index contributed by atoms with van der Waals surface area (Å²) in [5.41, 5.74) is 1.70. The monoisotopic (exact) mass is 546 g/mol. The maximum atomic E-state index is 12.8. The van der Waals surface area contributed by atoms with Crippen LogP contribution in [0.25, 0.3) is 0 Å². The first-order valence-corrected chi connectivity index (χ1v) is 13.4. The van der Waals surface area contributed by atoms with Crippen LogP contribution in [0.2, 0.25) is 0 Å². The molecule has 10 nitrogen and oxygen atoms in total. The number of nitrogens with zero attached hydrogens (tertiary/aromatic N) is 3. The van der Waals surface area contributed by atoms with Gasteiger partial charge in [-0.2, -0.15) is 0 Å². The van der Waals surface area contributed by atoms with Gasteiger partial charge < -0.3 is 24.1 Å². The third-order valence-corrected chi connectivity index (χ3v) is 7.73. The molecule has 2 heterocycles. The summed E-state index contributed by atoms with van der Waals surface area (Å²) in [5, 5.41) is 12.3. The number of thiophene rings is 1. The van der Waals surface area contributed by atoms with Crippen LogP contribution in [0, 0.1) is 6.92 Å². The van der Waals surface area contributed by atoms with Crippen molar-refractivity contribution in [2.45, 2.75) is 45.8 Å². The lowest BCUT2D eigenvalue weighted by molar-refractivity contribution is -0.113. The molecule has 12 heteroatoms. The number of rotatable bonds is 12. The fraction of sp³-hybridized carbons (Fsp3) is 0.400. The van der Waals surface area contributed by atoms with Crippen LogP contribution < -0.4 is 14.8 Å². The van der Waals surface area contributed by atoms with Crippen LogP contribution in [0.15, 0.2) is 23.4 Å². The number of hydrogen-bond donors (Lipinski definition) is 1. The zero-order valence-electron chi connectivity index (χ0n) is 21.7. The van der Waals surface area contributed by atoms with Crippen molar-refractivity contribution in [1.29, 1.82) is 0 Å². The molecule has 0 aliphatic carbocycles. The molecular formula is C25H30N4O6S2. The summed E-state index contributed by atoms with van der Waals surface area (Å²) in [6, 6.07) is 5.68. The number of benzene rings is 1. The molecule has 0 atom stereocenters. The van der Waals surface area contributed by atoms with Crippen molar-refractivity contribution in [2.24, 2.45) is 0 Å². The Morgan fingerprint density at radius 3 is 2.46 bits per heavy atom. The Labute approximate surface area is 223 Å². The Hall–Kier alpha value is -3.38. The summed E-state index contributed by atoms with van der Waals surface area (Å²) < 4.78 is 17.8. The summed E-state index contributed by atoms with van der Waals surface area (Å²) in [6.45, 7) is 7.59. The van der Waals surface area contributed by atoms with Crippen LogP contribution in [-0.4, -0.2) is 59.0 Å². The Bertz CT molecular complexity index is 1300. The molecule has 0 bridgehead atoms. The first-order valence-electron chi connectivity index (χ1n) is 11.6. The van der Waals surface area contributed by atoms with Crippen molar-refractivity contribution in [1.82, 2.24) is 14.8 Å². The van der Waals surface area contributed by atoms with Crippen molar-refractivity contribution < 1.29 is 28.6 Å². The fourth-order valence-electron chi connectivity index (χ4n) is 3.73. The minimum atomic E-state index is -0.572. The van der Waals surface area contributed by atoms with E-state index in [4.69, 9.17) is 14.2 Å². The first kappa shape index (κ1) is 28.2. The molecule has 0 aliphatic rings. The largest absolute Gasteiger partial charge is 0.493 e. The van der Waals surface area contributed by atoms with E-state index in [1.807, 2.05) is 29.7 Å². The molecule has 0 unspecified atom stereocenters. The molecule has 0 saturated heterocycles. The lowest BCUT2D eigenvalue weighted by Crippen LogP contribution is -2.17. The molecule has 0 aliphatic heterocycles. The maximum absolute atomic E-state index is 12.8. The molecule has 3 rings (SSSR count). The maximum Gasteiger partial charge on any atom is 0.341 e. The van der Waals surface area contributed by atoms with Gasteiger partial charge in [-0.15, -0.1) is 21.5 Å². The smallest absolute Gasteiger partial charge is 0.341 e. The van der Waals surface area contributed by atoms with Crippen LogP contribution in [-0.2, 0) is 22.5 Å². The Kier molecular flexibility index (Phi) is 9.70. The van der Waals surface area contributed by atoms with Crippen molar-refractivity contribution in [3.05, 3.63) is 45.6 Å². The number of aromatic nitrogens is 3. The molecule has 0 radical (unpaired) electrons. The second kappa shape index (κ2) is 12.7.